The van der Waals surface area contributed by atoms with Crippen LogP contribution in [0.2, 0.25) is 10.0 Å². The van der Waals surface area contributed by atoms with Gasteiger partial charge in [-0.15, -0.1) is 0 Å². The van der Waals surface area contributed by atoms with Crippen LogP contribution in [0.15, 0.2) is 6.07 Å². The number of nitrogens with zero attached hydrogens (tertiary/aromatic N) is 2. The first-order valence-electron chi connectivity index (χ1n) is 7.42. The first kappa shape index (κ1) is 15.7. The first-order valence-corrected chi connectivity index (χ1v) is 8.18. The lowest BCUT2D eigenvalue weighted by atomic mass is 10.1. The predicted octanol–water partition coefficient (Wildman–Crippen LogP) is 4.84. The summed E-state index contributed by atoms with van der Waals surface area (Å²) in [5.41, 5.74) is 0. The molecular weight excluding hydrogens is 293 g/mol. The Hall–Kier alpha value is -0.670. The van der Waals surface area contributed by atoms with Gasteiger partial charge in [0.25, 0.3) is 0 Å². The Bertz CT molecular complexity index is 445. The lowest BCUT2D eigenvalue weighted by molar-refractivity contribution is 0.545. The van der Waals surface area contributed by atoms with E-state index in [1.54, 1.807) is 6.07 Å². The Morgan fingerprint density at radius 1 is 1.30 bits per heavy atom. The van der Waals surface area contributed by atoms with Gasteiger partial charge in [-0.25, -0.2) is 4.98 Å². The van der Waals surface area contributed by atoms with Crippen molar-refractivity contribution < 1.29 is 0 Å². The highest BCUT2D eigenvalue weighted by Gasteiger charge is 2.19. The number of pyridine rings is 1. The third-order valence-electron chi connectivity index (χ3n) is 3.82. The van der Waals surface area contributed by atoms with E-state index >= 15 is 0 Å². The van der Waals surface area contributed by atoms with Crippen molar-refractivity contribution >= 4 is 34.8 Å². The molecule has 0 aliphatic heterocycles. The molecule has 3 nitrogen and oxygen atoms in total. The average molecular weight is 316 g/mol. The van der Waals surface area contributed by atoms with Crippen molar-refractivity contribution in [2.45, 2.75) is 39.0 Å². The smallest absolute Gasteiger partial charge is 0.149 e. The fraction of sp³-hybridized carbons (Fsp3) is 0.667. The quantitative estimate of drug-likeness (QED) is 0.814. The van der Waals surface area contributed by atoms with Crippen LogP contribution >= 0.6 is 23.2 Å². The highest BCUT2D eigenvalue weighted by molar-refractivity contribution is 6.37. The van der Waals surface area contributed by atoms with E-state index in [1.807, 2.05) is 0 Å². The van der Waals surface area contributed by atoms with Gasteiger partial charge in [-0.05, 0) is 31.2 Å². The van der Waals surface area contributed by atoms with Crippen LogP contribution in [0.1, 0.15) is 39.0 Å². The molecule has 0 unspecified atom stereocenters. The molecular formula is C15H23Cl2N3. The Morgan fingerprint density at radius 2 is 2.00 bits per heavy atom. The number of rotatable bonds is 6. The standard InChI is InChI=1S/C15H23Cl2N3/c1-3-8-18-14-12(16)9-13(17)15(19-14)20(2)10-11-6-4-5-7-11/h9,11H,3-8,10H2,1-2H3,(H,18,19). The molecule has 112 valence electrons. The molecule has 1 N–H and O–H groups in total. The highest BCUT2D eigenvalue weighted by Crippen LogP contribution is 2.33. The van der Waals surface area contributed by atoms with Gasteiger partial charge in [0.1, 0.15) is 11.6 Å². The summed E-state index contributed by atoms with van der Waals surface area (Å²) >= 11 is 12.5. The predicted molar refractivity (Wildman–Crippen MR) is 88.3 cm³/mol. The van der Waals surface area contributed by atoms with E-state index in [0.717, 1.165) is 37.1 Å². The molecule has 0 aromatic carbocycles. The van der Waals surface area contributed by atoms with Crippen molar-refractivity contribution in [3.05, 3.63) is 16.1 Å². The Morgan fingerprint density at radius 3 is 2.65 bits per heavy atom. The van der Waals surface area contributed by atoms with Gasteiger partial charge in [0.2, 0.25) is 0 Å². The summed E-state index contributed by atoms with van der Waals surface area (Å²) in [7, 11) is 2.06. The number of anilines is 2. The number of hydrogen-bond donors (Lipinski definition) is 1. The lowest BCUT2D eigenvalue weighted by Gasteiger charge is -2.24. The maximum Gasteiger partial charge on any atom is 0.149 e. The summed E-state index contributed by atoms with van der Waals surface area (Å²) in [6.07, 6.45) is 6.37. The van der Waals surface area contributed by atoms with E-state index in [1.165, 1.54) is 25.7 Å². The minimum absolute atomic E-state index is 0.585. The molecule has 20 heavy (non-hydrogen) atoms. The van der Waals surface area contributed by atoms with E-state index in [0.29, 0.717) is 10.0 Å². The van der Waals surface area contributed by atoms with Gasteiger partial charge in [-0.1, -0.05) is 43.0 Å². The number of aromatic nitrogens is 1. The molecule has 0 radical (unpaired) electrons. The van der Waals surface area contributed by atoms with Crippen molar-refractivity contribution in [2.75, 3.05) is 30.4 Å². The average Bonchev–Trinajstić information content (AvgIpc) is 2.90. The second kappa shape index (κ2) is 7.37. The molecule has 1 aliphatic carbocycles. The molecule has 0 amide bonds. The van der Waals surface area contributed by atoms with Gasteiger partial charge < -0.3 is 10.2 Å². The summed E-state index contributed by atoms with van der Waals surface area (Å²) in [6, 6.07) is 1.79. The molecule has 1 aromatic heterocycles. The zero-order valence-electron chi connectivity index (χ0n) is 12.3. The molecule has 1 aliphatic rings. The van der Waals surface area contributed by atoms with Crippen LogP contribution in [0.4, 0.5) is 11.6 Å². The summed E-state index contributed by atoms with van der Waals surface area (Å²) < 4.78 is 0. The van der Waals surface area contributed by atoms with E-state index in [4.69, 9.17) is 23.2 Å². The third kappa shape index (κ3) is 3.92. The van der Waals surface area contributed by atoms with E-state index < -0.39 is 0 Å². The minimum atomic E-state index is 0.585. The van der Waals surface area contributed by atoms with Gasteiger partial charge >= 0.3 is 0 Å². The van der Waals surface area contributed by atoms with Crippen LogP contribution in [-0.4, -0.2) is 25.1 Å². The topological polar surface area (TPSA) is 28.2 Å². The summed E-state index contributed by atoms with van der Waals surface area (Å²) in [5.74, 6) is 2.31. The first-order chi connectivity index (χ1) is 9.61. The molecule has 1 fully saturated rings. The maximum absolute atomic E-state index is 6.30. The van der Waals surface area contributed by atoms with E-state index in [-0.39, 0.29) is 0 Å². The fourth-order valence-electron chi connectivity index (χ4n) is 2.76. The molecule has 1 saturated carbocycles. The normalized spacial score (nSPS) is 15.6. The van der Waals surface area contributed by atoms with Crippen LogP contribution in [0.3, 0.4) is 0 Å². The van der Waals surface area contributed by atoms with Crippen LogP contribution in [0.25, 0.3) is 0 Å². The second-order valence-corrected chi connectivity index (χ2v) is 6.40. The summed E-state index contributed by atoms with van der Waals surface area (Å²) in [6.45, 7) is 3.99. The Balaban J connectivity index is 2.12. The number of nitrogens with one attached hydrogen (secondary N) is 1. The van der Waals surface area contributed by atoms with Crippen LogP contribution in [0, 0.1) is 5.92 Å². The number of hydrogen-bond acceptors (Lipinski definition) is 3. The van der Waals surface area contributed by atoms with Gasteiger partial charge in [0, 0.05) is 20.1 Å². The van der Waals surface area contributed by atoms with Gasteiger partial charge in [-0.2, -0.15) is 0 Å². The SMILES string of the molecule is CCCNc1nc(N(C)CC2CCCC2)c(Cl)cc1Cl. The summed E-state index contributed by atoms with van der Waals surface area (Å²) in [4.78, 5) is 6.76. The van der Waals surface area contributed by atoms with Gasteiger partial charge in [0.15, 0.2) is 0 Å². The zero-order chi connectivity index (χ0) is 14.5. The molecule has 2 rings (SSSR count). The monoisotopic (exact) mass is 315 g/mol. The van der Waals surface area contributed by atoms with E-state index in [9.17, 15) is 0 Å². The largest absolute Gasteiger partial charge is 0.369 e. The second-order valence-electron chi connectivity index (χ2n) is 5.58. The van der Waals surface area contributed by atoms with Crippen molar-refractivity contribution in [3.8, 4) is 0 Å². The van der Waals surface area contributed by atoms with E-state index in [2.05, 4.69) is 29.2 Å². The number of halogens is 2. The fourth-order valence-corrected chi connectivity index (χ4v) is 3.33. The van der Waals surface area contributed by atoms with Crippen LogP contribution in [0.5, 0.6) is 0 Å². The van der Waals surface area contributed by atoms with Crippen LogP contribution in [-0.2, 0) is 0 Å². The summed E-state index contributed by atoms with van der Waals surface area (Å²) in [5, 5.41) is 4.46. The molecule has 5 heteroatoms. The van der Waals surface area contributed by atoms with Gasteiger partial charge in [-0.3, -0.25) is 0 Å². The lowest BCUT2D eigenvalue weighted by Crippen LogP contribution is -2.25. The van der Waals surface area contributed by atoms with Crippen molar-refractivity contribution in [3.63, 3.8) is 0 Å². The van der Waals surface area contributed by atoms with Crippen molar-refractivity contribution in [1.82, 2.24) is 4.98 Å². The van der Waals surface area contributed by atoms with Crippen molar-refractivity contribution in [2.24, 2.45) is 5.92 Å². The van der Waals surface area contributed by atoms with Crippen molar-refractivity contribution in [1.29, 1.82) is 0 Å². The Labute approximate surface area is 131 Å². The molecule has 1 heterocycles. The Kier molecular flexibility index (Phi) is 5.79. The molecule has 0 saturated heterocycles. The van der Waals surface area contributed by atoms with Crippen LogP contribution < -0.4 is 10.2 Å². The zero-order valence-corrected chi connectivity index (χ0v) is 13.8. The minimum Gasteiger partial charge on any atom is -0.369 e. The molecule has 0 spiro atoms. The maximum atomic E-state index is 6.30. The van der Waals surface area contributed by atoms with Gasteiger partial charge in [0.05, 0.1) is 10.0 Å². The highest BCUT2D eigenvalue weighted by atomic mass is 35.5. The third-order valence-corrected chi connectivity index (χ3v) is 4.39. The molecule has 0 atom stereocenters. The molecule has 1 aromatic rings. The molecule has 0 bridgehead atoms.